The topological polar surface area (TPSA) is 92.1 Å². The van der Waals surface area contributed by atoms with Crippen LogP contribution in [0.3, 0.4) is 0 Å². The van der Waals surface area contributed by atoms with Crippen LogP contribution in [0.15, 0.2) is 49.1 Å². The lowest BCUT2D eigenvalue weighted by molar-refractivity contribution is -0.120. The van der Waals surface area contributed by atoms with Gasteiger partial charge in [0.1, 0.15) is 24.3 Å². The molecule has 3 N–H and O–H groups in total. The van der Waals surface area contributed by atoms with E-state index in [-0.39, 0.29) is 18.9 Å². The van der Waals surface area contributed by atoms with Crippen LogP contribution in [-0.4, -0.2) is 44.5 Å². The average molecular weight is 472 g/mol. The van der Waals surface area contributed by atoms with Crippen LogP contribution in [0.2, 0.25) is 0 Å². The number of benzene rings is 2. The predicted octanol–water partition coefficient (Wildman–Crippen LogP) is 2.94. The summed E-state index contributed by atoms with van der Waals surface area (Å²) in [5.41, 5.74) is 3.41. The number of carbonyl (C=O) groups excluding carboxylic acids is 1. The normalized spacial score (nSPS) is 13.1. The summed E-state index contributed by atoms with van der Waals surface area (Å²) in [6.07, 6.45) is 3.13. The number of hydrogen-bond acceptors (Lipinski definition) is 5. The molecule has 0 unspecified atom stereocenters. The van der Waals surface area contributed by atoms with Crippen molar-refractivity contribution in [2.75, 3.05) is 6.54 Å². The van der Waals surface area contributed by atoms with Crippen LogP contribution in [-0.2, 0) is 24.2 Å². The number of rotatable bonds is 11. The minimum Gasteiger partial charge on any atom is -0.390 e. The third kappa shape index (κ3) is 7.43. The number of aromatic nitrogens is 3. The van der Waals surface area contributed by atoms with Crippen LogP contribution in [0.5, 0.6) is 0 Å². The number of aliphatic hydroxyl groups is 1. The van der Waals surface area contributed by atoms with Crippen molar-refractivity contribution in [3.8, 4) is 5.69 Å². The molecule has 182 valence electrons. The van der Waals surface area contributed by atoms with E-state index < -0.39 is 23.8 Å². The Hall–Kier alpha value is -3.17. The predicted molar refractivity (Wildman–Crippen MR) is 125 cm³/mol. The molecular formula is C25H31F2N5O2. The van der Waals surface area contributed by atoms with Crippen LogP contribution >= 0.6 is 0 Å². The zero-order valence-electron chi connectivity index (χ0n) is 19.6. The molecule has 1 heterocycles. The Balaban J connectivity index is 1.70. The van der Waals surface area contributed by atoms with Crippen LogP contribution in [0.1, 0.15) is 37.5 Å². The maximum absolute atomic E-state index is 13.6. The fourth-order valence-corrected chi connectivity index (χ4v) is 3.96. The summed E-state index contributed by atoms with van der Waals surface area (Å²) in [6.45, 7) is 6.26. The fourth-order valence-electron chi connectivity index (χ4n) is 3.96. The van der Waals surface area contributed by atoms with Crippen molar-refractivity contribution in [1.82, 2.24) is 25.4 Å². The van der Waals surface area contributed by atoms with Crippen molar-refractivity contribution in [3.63, 3.8) is 0 Å². The Morgan fingerprint density at radius 3 is 2.44 bits per heavy atom. The number of aliphatic hydroxyl groups excluding tert-OH is 1. The van der Waals surface area contributed by atoms with Gasteiger partial charge in [-0.05, 0) is 53.6 Å². The molecular weight excluding hydrogens is 440 g/mol. The summed E-state index contributed by atoms with van der Waals surface area (Å²) < 4.78 is 28.9. The van der Waals surface area contributed by atoms with Gasteiger partial charge in [0.2, 0.25) is 5.91 Å². The van der Waals surface area contributed by atoms with Gasteiger partial charge in [0.05, 0.1) is 17.8 Å². The van der Waals surface area contributed by atoms with E-state index >= 15 is 0 Å². The number of amides is 1. The second kappa shape index (κ2) is 11.8. The van der Waals surface area contributed by atoms with Crippen LogP contribution in [0.25, 0.3) is 5.69 Å². The molecule has 0 radical (unpaired) electrons. The highest BCUT2D eigenvalue weighted by atomic mass is 19.1. The minimum atomic E-state index is -0.983. The molecule has 2 atom stereocenters. The SMILES string of the molecule is CC(=O)N[C@@H](Cc1cc(F)cc(F)c1)[C@H](O)CNCc1cc(CC(C)C)ccc1-n1cncn1. The van der Waals surface area contributed by atoms with E-state index in [1.807, 2.05) is 6.07 Å². The second-order valence-corrected chi connectivity index (χ2v) is 8.89. The van der Waals surface area contributed by atoms with Crippen molar-refractivity contribution in [1.29, 1.82) is 0 Å². The van der Waals surface area contributed by atoms with Gasteiger partial charge in [0, 0.05) is 26.1 Å². The van der Waals surface area contributed by atoms with Gasteiger partial charge in [-0.15, -0.1) is 0 Å². The molecule has 0 spiro atoms. The van der Waals surface area contributed by atoms with Gasteiger partial charge in [0.25, 0.3) is 0 Å². The lowest BCUT2D eigenvalue weighted by atomic mass is 9.99. The maximum atomic E-state index is 13.6. The van der Waals surface area contributed by atoms with E-state index in [1.54, 1.807) is 11.0 Å². The first-order valence-corrected chi connectivity index (χ1v) is 11.3. The van der Waals surface area contributed by atoms with Crippen molar-refractivity contribution in [3.05, 3.63) is 77.4 Å². The molecule has 0 aliphatic carbocycles. The van der Waals surface area contributed by atoms with Crippen LogP contribution < -0.4 is 10.6 Å². The number of halogens is 2. The lowest BCUT2D eigenvalue weighted by Gasteiger charge is -2.24. The highest BCUT2D eigenvalue weighted by molar-refractivity contribution is 5.73. The van der Waals surface area contributed by atoms with E-state index in [9.17, 15) is 18.7 Å². The fraction of sp³-hybridized carbons (Fsp3) is 0.400. The van der Waals surface area contributed by atoms with Crippen LogP contribution in [0, 0.1) is 17.6 Å². The summed E-state index contributed by atoms with van der Waals surface area (Å²) in [7, 11) is 0. The molecule has 0 aliphatic heterocycles. The summed E-state index contributed by atoms with van der Waals surface area (Å²) >= 11 is 0. The van der Waals surface area contributed by atoms with Gasteiger partial charge in [-0.1, -0.05) is 26.0 Å². The summed E-state index contributed by atoms with van der Waals surface area (Å²) in [5.74, 6) is -1.24. The second-order valence-electron chi connectivity index (χ2n) is 8.89. The molecule has 3 aromatic rings. The average Bonchev–Trinajstić information content (AvgIpc) is 3.26. The monoisotopic (exact) mass is 471 g/mol. The van der Waals surface area contributed by atoms with Gasteiger partial charge in [-0.3, -0.25) is 4.79 Å². The van der Waals surface area contributed by atoms with E-state index in [0.717, 1.165) is 23.7 Å². The van der Waals surface area contributed by atoms with E-state index in [1.165, 1.54) is 30.9 Å². The molecule has 2 aromatic carbocycles. The third-order valence-electron chi connectivity index (χ3n) is 5.35. The van der Waals surface area contributed by atoms with E-state index in [0.29, 0.717) is 18.0 Å². The molecule has 0 saturated carbocycles. The van der Waals surface area contributed by atoms with Gasteiger partial charge in [-0.2, -0.15) is 5.10 Å². The molecule has 9 heteroatoms. The third-order valence-corrected chi connectivity index (χ3v) is 5.35. The largest absolute Gasteiger partial charge is 0.390 e. The molecule has 0 fully saturated rings. The first kappa shape index (κ1) is 25.5. The number of nitrogens with zero attached hydrogens (tertiary/aromatic N) is 3. The smallest absolute Gasteiger partial charge is 0.217 e. The van der Waals surface area contributed by atoms with Crippen molar-refractivity contribution in [2.45, 2.75) is 52.3 Å². The van der Waals surface area contributed by atoms with Gasteiger partial charge >= 0.3 is 0 Å². The summed E-state index contributed by atoms with van der Waals surface area (Å²) in [6, 6.07) is 8.64. The van der Waals surface area contributed by atoms with Crippen molar-refractivity contribution < 1.29 is 18.7 Å². The highest BCUT2D eigenvalue weighted by Crippen LogP contribution is 2.18. The molecule has 1 aromatic heterocycles. The Labute approximate surface area is 198 Å². The standard InChI is InChI=1S/C25H31F2N5O2/c1-16(2)6-18-4-5-24(32-15-29-14-30-32)20(7-18)12-28-13-25(34)23(31-17(3)33)10-19-8-21(26)11-22(27)9-19/h4-5,7-9,11,14-16,23,25,28,34H,6,10,12-13H2,1-3H3,(H,31,33)/t23-,25+/m0/s1. The molecule has 0 saturated heterocycles. The van der Waals surface area contributed by atoms with Crippen molar-refractivity contribution in [2.24, 2.45) is 5.92 Å². The summed E-state index contributed by atoms with van der Waals surface area (Å²) in [5, 5.41) is 20.9. The Morgan fingerprint density at radius 1 is 1.09 bits per heavy atom. The first-order valence-electron chi connectivity index (χ1n) is 11.3. The first-order chi connectivity index (χ1) is 16.2. The van der Waals surface area contributed by atoms with E-state index in [2.05, 4.69) is 46.7 Å². The number of hydrogen-bond donors (Lipinski definition) is 3. The Bertz CT molecular complexity index is 1070. The minimum absolute atomic E-state index is 0.0885. The molecule has 34 heavy (non-hydrogen) atoms. The molecule has 0 aliphatic rings. The highest BCUT2D eigenvalue weighted by Gasteiger charge is 2.21. The lowest BCUT2D eigenvalue weighted by Crippen LogP contribution is -2.48. The number of carbonyl (C=O) groups is 1. The zero-order valence-corrected chi connectivity index (χ0v) is 19.6. The molecule has 0 bridgehead atoms. The van der Waals surface area contributed by atoms with Gasteiger partial charge in [0.15, 0.2) is 0 Å². The molecule has 1 amide bonds. The molecule has 3 rings (SSSR count). The quantitative estimate of drug-likeness (QED) is 0.400. The maximum Gasteiger partial charge on any atom is 0.217 e. The van der Waals surface area contributed by atoms with Crippen LogP contribution in [0.4, 0.5) is 8.78 Å². The zero-order chi connectivity index (χ0) is 24.7. The Morgan fingerprint density at radius 2 is 1.82 bits per heavy atom. The molecule has 7 nitrogen and oxygen atoms in total. The van der Waals surface area contributed by atoms with Gasteiger partial charge in [-0.25, -0.2) is 18.4 Å². The van der Waals surface area contributed by atoms with E-state index in [4.69, 9.17) is 0 Å². The van der Waals surface area contributed by atoms with Crippen molar-refractivity contribution >= 4 is 5.91 Å². The van der Waals surface area contributed by atoms with Gasteiger partial charge < -0.3 is 15.7 Å². The summed E-state index contributed by atoms with van der Waals surface area (Å²) in [4.78, 5) is 15.7. The number of nitrogens with one attached hydrogen (secondary N) is 2. The Kier molecular flexibility index (Phi) is 8.84.